The van der Waals surface area contributed by atoms with Crippen LogP contribution < -0.4 is 0 Å². The minimum Gasteiger partial charge on any atom is -0.396 e. The fourth-order valence-corrected chi connectivity index (χ4v) is 2.06. The van der Waals surface area contributed by atoms with Gasteiger partial charge in [-0.1, -0.05) is 30.3 Å². The van der Waals surface area contributed by atoms with E-state index in [0.717, 1.165) is 19.3 Å². The van der Waals surface area contributed by atoms with Crippen LogP contribution in [-0.4, -0.2) is 25.2 Å². The van der Waals surface area contributed by atoms with E-state index in [2.05, 4.69) is 12.1 Å². The molecule has 2 radical (unpaired) electrons. The molecule has 0 aliphatic carbocycles. The lowest BCUT2D eigenvalue weighted by Crippen LogP contribution is -2.40. The van der Waals surface area contributed by atoms with Gasteiger partial charge < -0.3 is 4.81 Å². The van der Waals surface area contributed by atoms with E-state index >= 15 is 0 Å². The van der Waals surface area contributed by atoms with E-state index in [4.69, 9.17) is 7.98 Å². The second-order valence-corrected chi connectivity index (χ2v) is 4.06. The highest BCUT2D eigenvalue weighted by Crippen LogP contribution is 2.20. The lowest BCUT2D eigenvalue weighted by atomic mass is 9.89. The zero-order chi connectivity index (χ0) is 10.7. The maximum atomic E-state index is 11.7. The van der Waals surface area contributed by atoms with E-state index in [0.29, 0.717) is 6.54 Å². The zero-order valence-electron chi connectivity index (χ0n) is 8.73. The number of carbonyl (C=O) groups excluding carboxylic acids is 1. The third-order valence-corrected chi connectivity index (χ3v) is 2.91. The largest absolute Gasteiger partial charge is 0.396 e. The summed E-state index contributed by atoms with van der Waals surface area (Å²) in [6.07, 6.45) is 2.79. The molecule has 1 aliphatic rings. The van der Waals surface area contributed by atoms with E-state index in [1.54, 1.807) is 0 Å². The summed E-state index contributed by atoms with van der Waals surface area (Å²) in [5.41, 5.74) is 1.21. The smallest absolute Gasteiger partial charge is 0.230 e. The van der Waals surface area contributed by atoms with Gasteiger partial charge in [0.15, 0.2) is 0 Å². The van der Waals surface area contributed by atoms with Crippen molar-refractivity contribution in [1.82, 2.24) is 4.81 Å². The number of hydrogen-bond acceptors (Lipinski definition) is 1. The molecule has 2 rings (SSSR count). The van der Waals surface area contributed by atoms with Crippen LogP contribution >= 0.6 is 0 Å². The van der Waals surface area contributed by atoms with Crippen molar-refractivity contribution in [2.45, 2.75) is 19.3 Å². The first-order chi connectivity index (χ1) is 7.27. The molecule has 1 atom stereocenters. The normalized spacial score (nSPS) is 21.7. The summed E-state index contributed by atoms with van der Waals surface area (Å²) < 4.78 is 0. The molecule has 0 N–H and O–H groups in total. The summed E-state index contributed by atoms with van der Waals surface area (Å²) in [4.78, 5) is 13.1. The van der Waals surface area contributed by atoms with Gasteiger partial charge in [0, 0.05) is 12.5 Å². The van der Waals surface area contributed by atoms with Gasteiger partial charge in [-0.15, -0.1) is 0 Å². The molecule has 1 fully saturated rings. The van der Waals surface area contributed by atoms with Gasteiger partial charge in [0.25, 0.3) is 0 Å². The van der Waals surface area contributed by atoms with Crippen molar-refractivity contribution in [2.75, 3.05) is 6.54 Å². The van der Waals surface area contributed by atoms with Crippen LogP contribution in [0.2, 0.25) is 0 Å². The third-order valence-electron chi connectivity index (χ3n) is 2.91. The van der Waals surface area contributed by atoms with Crippen molar-refractivity contribution in [3.8, 4) is 0 Å². The molecule has 3 heteroatoms. The average Bonchev–Trinajstić information content (AvgIpc) is 2.26. The molecule has 1 heterocycles. The quantitative estimate of drug-likeness (QED) is 0.661. The average molecular weight is 199 g/mol. The van der Waals surface area contributed by atoms with Crippen molar-refractivity contribution < 1.29 is 4.79 Å². The molecule has 0 spiro atoms. The van der Waals surface area contributed by atoms with Gasteiger partial charge >= 0.3 is 0 Å². The number of piperidine rings is 1. The Bertz CT molecular complexity index is 339. The molecule has 1 aliphatic heterocycles. The second-order valence-electron chi connectivity index (χ2n) is 4.06. The standard InChI is InChI=1S/C12H14BNO/c13-14-8-4-7-11(12(14)15)9-10-5-2-1-3-6-10/h1-3,5-6,11H,4,7-9H2. The first-order valence-electron chi connectivity index (χ1n) is 5.37. The molecule has 1 aromatic carbocycles. The highest BCUT2D eigenvalue weighted by molar-refractivity contribution is 6.14. The van der Waals surface area contributed by atoms with Gasteiger partial charge in [-0.05, 0) is 24.8 Å². The number of nitrogens with zero attached hydrogens (tertiary/aromatic N) is 1. The summed E-state index contributed by atoms with van der Waals surface area (Å²) in [7, 11) is 5.61. The van der Waals surface area contributed by atoms with Crippen molar-refractivity contribution in [3.63, 3.8) is 0 Å². The summed E-state index contributed by atoms with van der Waals surface area (Å²) in [5.74, 6) is 0.163. The molecule has 1 amide bonds. The summed E-state index contributed by atoms with van der Waals surface area (Å²) in [5, 5.41) is 0. The van der Waals surface area contributed by atoms with E-state index in [-0.39, 0.29) is 11.8 Å². The second kappa shape index (κ2) is 4.52. The van der Waals surface area contributed by atoms with E-state index in [1.807, 2.05) is 18.2 Å². The number of amides is 1. The molecular weight excluding hydrogens is 185 g/mol. The molecule has 15 heavy (non-hydrogen) atoms. The van der Waals surface area contributed by atoms with Crippen molar-refractivity contribution >= 4 is 13.9 Å². The molecule has 76 valence electrons. The number of rotatable bonds is 2. The van der Waals surface area contributed by atoms with Gasteiger partial charge in [-0.3, -0.25) is 4.79 Å². The van der Waals surface area contributed by atoms with Crippen LogP contribution in [0.4, 0.5) is 0 Å². The summed E-state index contributed by atoms with van der Waals surface area (Å²) >= 11 is 0. The van der Waals surface area contributed by atoms with Gasteiger partial charge in [0.1, 0.15) is 0 Å². The fourth-order valence-electron chi connectivity index (χ4n) is 2.06. The predicted octanol–water partition coefficient (Wildman–Crippen LogP) is 1.55. The number of hydrogen-bond donors (Lipinski definition) is 0. The zero-order valence-corrected chi connectivity index (χ0v) is 8.73. The Hall–Kier alpha value is -1.25. The number of benzene rings is 1. The van der Waals surface area contributed by atoms with Crippen LogP contribution in [0.25, 0.3) is 0 Å². The van der Waals surface area contributed by atoms with Crippen molar-refractivity contribution in [2.24, 2.45) is 5.92 Å². The van der Waals surface area contributed by atoms with Crippen LogP contribution in [-0.2, 0) is 11.2 Å². The van der Waals surface area contributed by atoms with Crippen LogP contribution in [0, 0.1) is 5.92 Å². The minimum atomic E-state index is 0.0751. The Morgan fingerprint density at radius 1 is 1.33 bits per heavy atom. The van der Waals surface area contributed by atoms with Crippen LogP contribution in [0.15, 0.2) is 30.3 Å². The Morgan fingerprint density at radius 3 is 2.80 bits per heavy atom. The number of carbonyl (C=O) groups is 1. The van der Waals surface area contributed by atoms with Crippen LogP contribution in [0.1, 0.15) is 18.4 Å². The highest BCUT2D eigenvalue weighted by Gasteiger charge is 2.25. The molecule has 1 aromatic rings. The molecular formula is C12H14BNO. The topological polar surface area (TPSA) is 20.3 Å². The van der Waals surface area contributed by atoms with E-state index in [9.17, 15) is 4.79 Å². The highest BCUT2D eigenvalue weighted by atomic mass is 16.2. The third kappa shape index (κ3) is 2.41. The van der Waals surface area contributed by atoms with Crippen LogP contribution in [0.5, 0.6) is 0 Å². The first-order valence-corrected chi connectivity index (χ1v) is 5.37. The first kappa shape index (κ1) is 10.3. The molecule has 1 saturated heterocycles. The lowest BCUT2D eigenvalue weighted by molar-refractivity contribution is -0.133. The Balaban J connectivity index is 2.03. The Labute approximate surface area is 91.7 Å². The van der Waals surface area contributed by atoms with Crippen molar-refractivity contribution in [1.29, 1.82) is 0 Å². The monoisotopic (exact) mass is 199 g/mol. The van der Waals surface area contributed by atoms with E-state index in [1.165, 1.54) is 10.4 Å². The SMILES string of the molecule is [B]N1CCCC(Cc2ccccc2)C1=O. The predicted molar refractivity (Wildman–Crippen MR) is 60.3 cm³/mol. The van der Waals surface area contributed by atoms with Crippen LogP contribution in [0.3, 0.4) is 0 Å². The van der Waals surface area contributed by atoms with Gasteiger partial charge in [-0.2, -0.15) is 0 Å². The molecule has 1 unspecified atom stereocenters. The summed E-state index contributed by atoms with van der Waals surface area (Å²) in [6.45, 7) is 0.699. The van der Waals surface area contributed by atoms with Crippen molar-refractivity contribution in [3.05, 3.63) is 35.9 Å². The lowest BCUT2D eigenvalue weighted by Gasteiger charge is -2.29. The van der Waals surface area contributed by atoms with Gasteiger partial charge in [-0.25, -0.2) is 0 Å². The summed E-state index contributed by atoms with van der Waals surface area (Å²) in [6, 6.07) is 10.1. The molecule has 0 aromatic heterocycles. The van der Waals surface area contributed by atoms with E-state index < -0.39 is 0 Å². The molecule has 2 nitrogen and oxygen atoms in total. The Morgan fingerprint density at radius 2 is 2.07 bits per heavy atom. The maximum absolute atomic E-state index is 11.7. The van der Waals surface area contributed by atoms with Gasteiger partial charge in [0.2, 0.25) is 13.9 Å². The maximum Gasteiger partial charge on any atom is 0.230 e. The fraction of sp³-hybridized carbons (Fsp3) is 0.417. The Kier molecular flexibility index (Phi) is 3.09. The minimum absolute atomic E-state index is 0.0751. The molecule has 0 saturated carbocycles. The van der Waals surface area contributed by atoms with Gasteiger partial charge in [0.05, 0.1) is 0 Å². The molecule has 0 bridgehead atoms.